The van der Waals surface area contributed by atoms with Crippen LogP contribution < -0.4 is 5.32 Å². The van der Waals surface area contributed by atoms with E-state index in [2.05, 4.69) is 29.3 Å². The number of nitrogens with one attached hydrogen (secondary N) is 1. The first-order valence-electron chi connectivity index (χ1n) is 8.58. The van der Waals surface area contributed by atoms with Gasteiger partial charge < -0.3 is 5.32 Å². The molecule has 0 aliphatic heterocycles. The Morgan fingerprint density at radius 2 is 2.05 bits per heavy atom. The van der Waals surface area contributed by atoms with Crippen LogP contribution in [0.2, 0.25) is 0 Å². The fraction of sp³-hybridized carbons (Fsp3) is 0.824. The average molecular weight is 275 g/mol. The lowest BCUT2D eigenvalue weighted by Gasteiger charge is -2.21. The molecule has 112 valence electrons. The molecule has 1 atom stereocenters. The Morgan fingerprint density at radius 1 is 1.25 bits per heavy atom. The molecule has 0 aromatic carbocycles. The third-order valence-corrected chi connectivity index (χ3v) is 5.12. The van der Waals surface area contributed by atoms with Crippen LogP contribution in [-0.2, 0) is 6.42 Å². The molecule has 1 heterocycles. The Bertz CT molecular complexity index is 402. The van der Waals surface area contributed by atoms with E-state index >= 15 is 0 Å². The molecule has 20 heavy (non-hydrogen) atoms. The van der Waals surface area contributed by atoms with Crippen molar-refractivity contribution in [3.63, 3.8) is 0 Å². The summed E-state index contributed by atoms with van der Waals surface area (Å²) in [5.41, 5.74) is 1.29. The Hall–Kier alpha value is -0.830. The summed E-state index contributed by atoms with van der Waals surface area (Å²) >= 11 is 0. The SMILES string of the molecule is CNC(CCCc1ccn(C2CCCCC2)n1)C1CC1. The van der Waals surface area contributed by atoms with Gasteiger partial charge in [-0.2, -0.15) is 5.10 Å². The molecule has 1 aromatic heterocycles. The predicted molar refractivity (Wildman–Crippen MR) is 82.9 cm³/mol. The van der Waals surface area contributed by atoms with E-state index < -0.39 is 0 Å². The van der Waals surface area contributed by atoms with Crippen molar-refractivity contribution in [2.45, 2.75) is 76.3 Å². The monoisotopic (exact) mass is 275 g/mol. The van der Waals surface area contributed by atoms with E-state index in [1.165, 1.54) is 63.5 Å². The minimum Gasteiger partial charge on any atom is -0.317 e. The summed E-state index contributed by atoms with van der Waals surface area (Å²) in [7, 11) is 2.11. The molecule has 3 rings (SSSR count). The first kappa shape index (κ1) is 14.1. The first-order valence-corrected chi connectivity index (χ1v) is 8.58. The van der Waals surface area contributed by atoms with Crippen LogP contribution in [-0.4, -0.2) is 22.9 Å². The highest BCUT2D eigenvalue weighted by atomic mass is 15.3. The zero-order chi connectivity index (χ0) is 13.8. The van der Waals surface area contributed by atoms with Gasteiger partial charge in [-0.25, -0.2) is 0 Å². The maximum Gasteiger partial charge on any atom is 0.0624 e. The summed E-state index contributed by atoms with van der Waals surface area (Å²) in [6.07, 6.45) is 15.6. The van der Waals surface area contributed by atoms with Gasteiger partial charge in [0.1, 0.15) is 0 Å². The number of hydrogen-bond donors (Lipinski definition) is 1. The molecule has 0 amide bonds. The highest BCUT2D eigenvalue weighted by Crippen LogP contribution is 2.34. The Balaban J connectivity index is 1.44. The molecule has 0 spiro atoms. The van der Waals surface area contributed by atoms with Gasteiger partial charge in [-0.05, 0) is 64.0 Å². The Morgan fingerprint density at radius 3 is 2.75 bits per heavy atom. The molecule has 1 aromatic rings. The van der Waals surface area contributed by atoms with E-state index in [-0.39, 0.29) is 0 Å². The summed E-state index contributed by atoms with van der Waals surface area (Å²) < 4.78 is 2.24. The second kappa shape index (κ2) is 6.75. The van der Waals surface area contributed by atoms with Crippen LogP contribution in [0, 0.1) is 5.92 Å². The molecule has 0 bridgehead atoms. The van der Waals surface area contributed by atoms with E-state index in [4.69, 9.17) is 5.10 Å². The van der Waals surface area contributed by atoms with E-state index in [1.54, 1.807) is 0 Å². The van der Waals surface area contributed by atoms with Gasteiger partial charge in [0.2, 0.25) is 0 Å². The topological polar surface area (TPSA) is 29.9 Å². The minimum absolute atomic E-state index is 0.675. The van der Waals surface area contributed by atoms with Gasteiger partial charge >= 0.3 is 0 Å². The average Bonchev–Trinajstić information content (AvgIpc) is 3.23. The summed E-state index contributed by atoms with van der Waals surface area (Å²) in [6.45, 7) is 0. The summed E-state index contributed by atoms with van der Waals surface area (Å²) in [6, 6.07) is 3.66. The van der Waals surface area contributed by atoms with Crippen molar-refractivity contribution < 1.29 is 0 Å². The fourth-order valence-electron chi connectivity index (χ4n) is 3.68. The maximum absolute atomic E-state index is 4.81. The number of nitrogens with zero attached hydrogens (tertiary/aromatic N) is 2. The van der Waals surface area contributed by atoms with Crippen LogP contribution in [0.15, 0.2) is 12.3 Å². The van der Waals surface area contributed by atoms with Crippen LogP contribution in [0.25, 0.3) is 0 Å². The third-order valence-electron chi connectivity index (χ3n) is 5.12. The highest BCUT2D eigenvalue weighted by molar-refractivity contribution is 5.00. The molecule has 3 heteroatoms. The lowest BCUT2D eigenvalue weighted by molar-refractivity contribution is 0.328. The van der Waals surface area contributed by atoms with Gasteiger partial charge in [0.25, 0.3) is 0 Å². The fourth-order valence-corrected chi connectivity index (χ4v) is 3.68. The minimum atomic E-state index is 0.675. The zero-order valence-electron chi connectivity index (χ0n) is 12.9. The first-order chi connectivity index (χ1) is 9.86. The molecule has 0 radical (unpaired) electrons. The maximum atomic E-state index is 4.81. The zero-order valence-corrected chi connectivity index (χ0v) is 12.9. The van der Waals surface area contributed by atoms with Crippen molar-refractivity contribution >= 4 is 0 Å². The molecule has 2 aliphatic carbocycles. The van der Waals surface area contributed by atoms with Crippen molar-refractivity contribution in [2.24, 2.45) is 5.92 Å². The lowest BCUT2D eigenvalue weighted by Crippen LogP contribution is -2.27. The van der Waals surface area contributed by atoms with Crippen molar-refractivity contribution in [2.75, 3.05) is 7.05 Å². The van der Waals surface area contributed by atoms with Crippen LogP contribution >= 0.6 is 0 Å². The molecule has 0 saturated heterocycles. The van der Waals surface area contributed by atoms with E-state index in [9.17, 15) is 0 Å². The standard InChI is InChI=1S/C17H29N3/c1-18-17(14-10-11-14)9-5-6-15-12-13-20(19-15)16-7-3-2-4-8-16/h12-14,16-18H,2-11H2,1H3. The Kier molecular flexibility index (Phi) is 4.77. The molecule has 2 saturated carbocycles. The number of rotatable bonds is 7. The van der Waals surface area contributed by atoms with E-state index in [1.807, 2.05) is 0 Å². The van der Waals surface area contributed by atoms with Crippen LogP contribution in [0.4, 0.5) is 0 Å². The molecule has 3 nitrogen and oxygen atoms in total. The van der Waals surface area contributed by atoms with E-state index in [0.29, 0.717) is 6.04 Å². The summed E-state index contributed by atoms with van der Waals surface area (Å²) in [5.74, 6) is 0.958. The van der Waals surface area contributed by atoms with E-state index in [0.717, 1.165) is 18.4 Å². The number of aromatic nitrogens is 2. The summed E-state index contributed by atoms with van der Waals surface area (Å²) in [4.78, 5) is 0. The smallest absolute Gasteiger partial charge is 0.0624 e. The van der Waals surface area contributed by atoms with Crippen LogP contribution in [0.1, 0.15) is 69.5 Å². The van der Waals surface area contributed by atoms with Gasteiger partial charge in [0, 0.05) is 12.2 Å². The van der Waals surface area contributed by atoms with Crippen molar-refractivity contribution in [1.29, 1.82) is 0 Å². The largest absolute Gasteiger partial charge is 0.317 e. The second-order valence-corrected chi connectivity index (χ2v) is 6.70. The second-order valence-electron chi connectivity index (χ2n) is 6.70. The molecular formula is C17H29N3. The highest BCUT2D eigenvalue weighted by Gasteiger charge is 2.29. The summed E-state index contributed by atoms with van der Waals surface area (Å²) in [5, 5.41) is 8.29. The molecular weight excluding hydrogens is 246 g/mol. The van der Waals surface area contributed by atoms with Crippen molar-refractivity contribution in [3.8, 4) is 0 Å². The Labute approximate surface area is 123 Å². The molecule has 1 unspecified atom stereocenters. The van der Waals surface area contributed by atoms with Gasteiger partial charge in [0.15, 0.2) is 0 Å². The van der Waals surface area contributed by atoms with Gasteiger partial charge in [-0.1, -0.05) is 19.3 Å². The predicted octanol–water partition coefficient (Wildman–Crippen LogP) is 3.71. The van der Waals surface area contributed by atoms with Gasteiger partial charge in [0.05, 0.1) is 11.7 Å². The normalized spacial score (nSPS) is 22.1. The molecule has 2 aliphatic rings. The van der Waals surface area contributed by atoms with Crippen molar-refractivity contribution in [3.05, 3.63) is 18.0 Å². The third kappa shape index (κ3) is 3.63. The molecule has 1 N–H and O–H groups in total. The van der Waals surface area contributed by atoms with Gasteiger partial charge in [-0.3, -0.25) is 4.68 Å². The van der Waals surface area contributed by atoms with Crippen molar-refractivity contribution in [1.82, 2.24) is 15.1 Å². The quantitative estimate of drug-likeness (QED) is 0.822. The lowest BCUT2D eigenvalue weighted by atomic mass is 9.96. The number of hydrogen-bond acceptors (Lipinski definition) is 2. The van der Waals surface area contributed by atoms with Gasteiger partial charge in [-0.15, -0.1) is 0 Å². The molecule has 2 fully saturated rings. The van der Waals surface area contributed by atoms with Crippen LogP contribution in [0.5, 0.6) is 0 Å². The number of aryl methyl sites for hydroxylation is 1. The van der Waals surface area contributed by atoms with Crippen LogP contribution in [0.3, 0.4) is 0 Å².